The van der Waals surface area contributed by atoms with Crippen LogP contribution in [-0.4, -0.2) is 45.2 Å². The number of nitrogens with one attached hydrogen (secondary N) is 1. The van der Waals surface area contributed by atoms with Gasteiger partial charge < -0.3 is 24.4 Å². The summed E-state index contributed by atoms with van der Waals surface area (Å²) < 4.78 is 16.8. The van der Waals surface area contributed by atoms with Crippen LogP contribution in [0, 0.1) is 0 Å². The molecule has 46 heavy (non-hydrogen) atoms. The summed E-state index contributed by atoms with van der Waals surface area (Å²) in [5, 5.41) is 3.26. The van der Waals surface area contributed by atoms with Gasteiger partial charge in [-0.15, -0.1) is 0 Å². The molecule has 5 aromatic carbocycles. The van der Waals surface area contributed by atoms with E-state index in [0.29, 0.717) is 42.9 Å². The molecule has 234 valence electrons. The van der Waals surface area contributed by atoms with Gasteiger partial charge in [0.25, 0.3) is 0 Å². The van der Waals surface area contributed by atoms with E-state index in [4.69, 9.17) is 14.2 Å². The molecule has 5 rings (SSSR count). The second-order valence-corrected chi connectivity index (χ2v) is 10.7. The first kappa shape index (κ1) is 31.9. The summed E-state index contributed by atoms with van der Waals surface area (Å²) in [4.78, 5) is 28.3. The topological polar surface area (TPSA) is 77.1 Å². The van der Waals surface area contributed by atoms with E-state index < -0.39 is 12.0 Å². The monoisotopic (exact) mass is 614 g/mol. The van der Waals surface area contributed by atoms with Crippen molar-refractivity contribution in [1.29, 1.82) is 0 Å². The zero-order valence-electron chi connectivity index (χ0n) is 26.1. The summed E-state index contributed by atoms with van der Waals surface area (Å²) in [7, 11) is 3.05. The number of carbonyl (C=O) groups is 2. The molecule has 0 bridgehead atoms. The Morgan fingerprint density at radius 1 is 0.739 bits per heavy atom. The van der Waals surface area contributed by atoms with Crippen molar-refractivity contribution in [3.05, 3.63) is 156 Å². The Balaban J connectivity index is 1.23. The average Bonchev–Trinajstić information content (AvgIpc) is 3.12. The molecule has 0 aliphatic heterocycles. The first-order valence-electron chi connectivity index (χ1n) is 15.2. The number of ether oxygens (including phenoxy) is 3. The van der Waals surface area contributed by atoms with Gasteiger partial charge in [0, 0.05) is 41.0 Å². The van der Waals surface area contributed by atoms with Crippen molar-refractivity contribution in [2.24, 2.45) is 0 Å². The van der Waals surface area contributed by atoms with Crippen LogP contribution in [0.3, 0.4) is 0 Å². The number of rotatable bonds is 15. The molecular formula is C39H38N2O5. The van der Waals surface area contributed by atoms with Crippen LogP contribution in [0.25, 0.3) is 0 Å². The lowest BCUT2D eigenvalue weighted by Gasteiger charge is -2.26. The van der Waals surface area contributed by atoms with E-state index in [-0.39, 0.29) is 5.78 Å². The number of hydrogen-bond acceptors (Lipinski definition) is 7. The number of hydrogen-bond donors (Lipinski definition) is 1. The highest BCUT2D eigenvalue weighted by Gasteiger charge is 2.23. The number of carbonyl (C=O) groups excluding carboxylic acids is 2. The van der Waals surface area contributed by atoms with Gasteiger partial charge in [-0.05, 0) is 48.0 Å². The van der Waals surface area contributed by atoms with Crippen LogP contribution in [0.15, 0.2) is 133 Å². The fourth-order valence-corrected chi connectivity index (χ4v) is 5.28. The van der Waals surface area contributed by atoms with Gasteiger partial charge in [-0.25, -0.2) is 4.79 Å². The molecule has 1 unspecified atom stereocenters. The van der Waals surface area contributed by atoms with E-state index in [1.807, 2.05) is 91.0 Å². The smallest absolute Gasteiger partial charge is 0.328 e. The number of anilines is 2. The Hall–Kier alpha value is -5.56. The van der Waals surface area contributed by atoms with Crippen LogP contribution >= 0.6 is 0 Å². The summed E-state index contributed by atoms with van der Waals surface area (Å²) in [6.07, 6.45) is 0.363. The quantitative estimate of drug-likeness (QED) is 0.0987. The minimum absolute atomic E-state index is 0.123. The van der Waals surface area contributed by atoms with E-state index in [1.54, 1.807) is 31.4 Å². The van der Waals surface area contributed by atoms with E-state index in [2.05, 4.69) is 28.4 Å². The van der Waals surface area contributed by atoms with Crippen molar-refractivity contribution in [2.75, 3.05) is 37.6 Å². The van der Waals surface area contributed by atoms with Gasteiger partial charge in [0.15, 0.2) is 5.78 Å². The third-order valence-electron chi connectivity index (χ3n) is 7.69. The molecule has 1 atom stereocenters. The minimum Gasteiger partial charge on any atom is -0.496 e. The van der Waals surface area contributed by atoms with Crippen LogP contribution in [0.2, 0.25) is 0 Å². The second-order valence-electron chi connectivity index (χ2n) is 10.7. The molecule has 7 heteroatoms. The number of benzene rings is 5. The lowest BCUT2D eigenvalue weighted by atomic mass is 10.00. The van der Waals surface area contributed by atoms with E-state index in [9.17, 15) is 9.59 Å². The van der Waals surface area contributed by atoms with Crippen LogP contribution in [0.5, 0.6) is 11.5 Å². The summed E-state index contributed by atoms with van der Waals surface area (Å²) in [5.74, 6) is 1.04. The first-order valence-corrected chi connectivity index (χ1v) is 15.2. The molecule has 7 nitrogen and oxygen atoms in total. The maximum absolute atomic E-state index is 13.2. The van der Waals surface area contributed by atoms with Crippen molar-refractivity contribution in [3.8, 4) is 11.5 Å². The predicted octanol–water partition coefficient (Wildman–Crippen LogP) is 7.21. The van der Waals surface area contributed by atoms with Crippen molar-refractivity contribution in [1.82, 2.24) is 0 Å². The molecule has 0 spiro atoms. The maximum atomic E-state index is 13.2. The summed E-state index contributed by atoms with van der Waals surface area (Å²) in [5.41, 5.74) is 4.75. The second kappa shape index (κ2) is 16.0. The highest BCUT2D eigenvalue weighted by molar-refractivity contribution is 6.12. The van der Waals surface area contributed by atoms with Crippen molar-refractivity contribution >= 4 is 23.1 Å². The molecule has 0 aromatic heterocycles. The van der Waals surface area contributed by atoms with Gasteiger partial charge >= 0.3 is 5.97 Å². The van der Waals surface area contributed by atoms with Gasteiger partial charge in [0.1, 0.15) is 24.1 Å². The molecule has 1 N–H and O–H groups in total. The fourth-order valence-electron chi connectivity index (χ4n) is 5.28. The SMILES string of the molecule is COC(=O)C(Cc1ccc(OCCN(Cc2ccccc2OC)c2ccccc2)cc1)Nc1ccccc1C(=O)c1ccccc1. The predicted molar refractivity (Wildman–Crippen MR) is 182 cm³/mol. The van der Waals surface area contributed by atoms with Gasteiger partial charge in [-0.1, -0.05) is 91.0 Å². The molecule has 0 saturated heterocycles. The summed E-state index contributed by atoms with van der Waals surface area (Å²) in [6, 6.07) is 41.6. The number of methoxy groups -OCH3 is 2. The highest BCUT2D eigenvalue weighted by atomic mass is 16.5. The van der Waals surface area contributed by atoms with Crippen molar-refractivity contribution in [2.45, 2.75) is 19.0 Å². The van der Waals surface area contributed by atoms with E-state index in [0.717, 1.165) is 28.3 Å². The molecule has 0 aliphatic rings. The number of nitrogens with zero attached hydrogens (tertiary/aromatic N) is 1. The van der Waals surface area contributed by atoms with Crippen LogP contribution in [0.1, 0.15) is 27.0 Å². The summed E-state index contributed by atoms with van der Waals surface area (Å²) >= 11 is 0. The lowest BCUT2D eigenvalue weighted by Crippen LogP contribution is -2.33. The molecule has 0 radical (unpaired) electrons. The zero-order chi connectivity index (χ0) is 32.1. The van der Waals surface area contributed by atoms with Crippen molar-refractivity contribution in [3.63, 3.8) is 0 Å². The first-order chi connectivity index (χ1) is 22.6. The molecule has 0 heterocycles. The zero-order valence-corrected chi connectivity index (χ0v) is 26.1. The van der Waals surface area contributed by atoms with Crippen LogP contribution < -0.4 is 19.7 Å². The molecule has 0 saturated carbocycles. The Morgan fingerprint density at radius 3 is 2.11 bits per heavy atom. The van der Waals surface area contributed by atoms with Crippen LogP contribution in [0.4, 0.5) is 11.4 Å². The fraction of sp³-hybridized carbons (Fsp3) is 0.179. The molecular weight excluding hydrogens is 576 g/mol. The molecule has 0 amide bonds. The average molecular weight is 615 g/mol. The maximum Gasteiger partial charge on any atom is 0.328 e. The molecule has 5 aromatic rings. The van der Waals surface area contributed by atoms with Crippen LogP contribution in [-0.2, 0) is 22.5 Å². The van der Waals surface area contributed by atoms with E-state index >= 15 is 0 Å². The Labute approximate surface area is 270 Å². The number of ketones is 1. The van der Waals surface area contributed by atoms with Crippen molar-refractivity contribution < 1.29 is 23.8 Å². The molecule has 0 aliphatic carbocycles. The standard InChI is InChI=1S/C39H38N2O5/c1-44-37-20-12-9-15-31(37)28-41(32-16-7-4-8-17-32)25-26-46-33-23-21-29(22-24-33)27-36(39(43)45-2)40-35-19-11-10-18-34(35)38(42)30-13-5-3-6-14-30/h3-24,36,40H,25-28H2,1-2H3. The summed E-state index contributed by atoms with van der Waals surface area (Å²) in [6.45, 7) is 1.82. The number of para-hydroxylation sites is 3. The largest absolute Gasteiger partial charge is 0.496 e. The van der Waals surface area contributed by atoms with Gasteiger partial charge in [-0.2, -0.15) is 0 Å². The third kappa shape index (κ3) is 8.33. The normalized spacial score (nSPS) is 11.3. The Morgan fingerprint density at radius 2 is 1.39 bits per heavy atom. The molecule has 0 fully saturated rings. The minimum atomic E-state index is -0.698. The Kier molecular flexibility index (Phi) is 11.0. The Bertz CT molecular complexity index is 1710. The van der Waals surface area contributed by atoms with E-state index in [1.165, 1.54) is 7.11 Å². The van der Waals surface area contributed by atoms with Gasteiger partial charge in [0.05, 0.1) is 20.8 Å². The highest BCUT2D eigenvalue weighted by Crippen LogP contribution is 2.24. The van der Waals surface area contributed by atoms with Gasteiger partial charge in [-0.3, -0.25) is 4.79 Å². The van der Waals surface area contributed by atoms with Gasteiger partial charge in [0.2, 0.25) is 0 Å². The lowest BCUT2D eigenvalue weighted by molar-refractivity contribution is -0.141. The number of esters is 1. The third-order valence-corrected chi connectivity index (χ3v) is 7.69.